The van der Waals surface area contributed by atoms with Gasteiger partial charge in [0.2, 0.25) is 7.37 Å². The average Bonchev–Trinajstić information content (AvgIpc) is 2.83. The Morgan fingerprint density at radius 2 is 1.16 bits per heavy atom. The Hall–Kier alpha value is -1.38. The van der Waals surface area contributed by atoms with E-state index in [1.165, 1.54) is 11.1 Å². The first-order valence-corrected chi connectivity index (χ1v) is 16.8. The standard InChI is InChI=1S/C26H42N4O5P2/c31-36(32,24-37(33,34)35)23-30-17-8-16-29(22-26-11-5-2-6-12-26)20-19-28(15-7-13-27-14-18-30)21-25-9-3-1-4-10-25/h1-6,9-12,27H,7-8,13-24H2,(H,31,32)(H2,33,34,35). The molecule has 2 aromatic carbocycles. The van der Waals surface area contributed by atoms with Crippen molar-refractivity contribution in [3.05, 3.63) is 71.8 Å². The number of nitrogens with one attached hydrogen (secondary N) is 1. The quantitative estimate of drug-likeness (QED) is 0.367. The van der Waals surface area contributed by atoms with Gasteiger partial charge in [-0.05, 0) is 50.1 Å². The highest BCUT2D eigenvalue weighted by molar-refractivity contribution is 7.72. The highest BCUT2D eigenvalue weighted by Gasteiger charge is 2.31. The van der Waals surface area contributed by atoms with Gasteiger partial charge in [0.1, 0.15) is 5.90 Å². The molecule has 0 amide bonds. The first kappa shape index (κ1) is 30.2. The van der Waals surface area contributed by atoms with Crippen molar-refractivity contribution in [1.82, 2.24) is 20.0 Å². The van der Waals surface area contributed by atoms with E-state index < -0.39 is 20.9 Å². The lowest BCUT2D eigenvalue weighted by Crippen LogP contribution is -2.40. The second-order valence-electron chi connectivity index (χ2n) is 9.89. The van der Waals surface area contributed by atoms with Crippen molar-refractivity contribution in [2.45, 2.75) is 25.9 Å². The summed E-state index contributed by atoms with van der Waals surface area (Å²) >= 11 is 0. The fourth-order valence-electron chi connectivity index (χ4n) is 4.71. The summed E-state index contributed by atoms with van der Waals surface area (Å²) < 4.78 is 23.9. The summed E-state index contributed by atoms with van der Waals surface area (Å²) in [5.41, 5.74) is 2.56. The monoisotopic (exact) mass is 552 g/mol. The van der Waals surface area contributed by atoms with Gasteiger partial charge in [-0.15, -0.1) is 0 Å². The summed E-state index contributed by atoms with van der Waals surface area (Å²) in [6.45, 7) is 8.03. The lowest BCUT2D eigenvalue weighted by atomic mass is 10.2. The van der Waals surface area contributed by atoms with E-state index in [1.807, 2.05) is 17.0 Å². The van der Waals surface area contributed by atoms with E-state index in [-0.39, 0.29) is 6.29 Å². The Kier molecular flexibility index (Phi) is 12.5. The van der Waals surface area contributed by atoms with Gasteiger partial charge in [0.15, 0.2) is 0 Å². The molecule has 0 aliphatic carbocycles. The van der Waals surface area contributed by atoms with Gasteiger partial charge in [0, 0.05) is 39.3 Å². The Balaban J connectivity index is 1.67. The summed E-state index contributed by atoms with van der Waals surface area (Å²) in [6.07, 6.45) is 1.58. The number of nitrogens with zero attached hydrogens (tertiary/aromatic N) is 3. The van der Waals surface area contributed by atoms with Crippen LogP contribution in [0.2, 0.25) is 0 Å². The Labute approximate surface area is 221 Å². The number of benzene rings is 2. The smallest absolute Gasteiger partial charge is 0.335 e. The molecule has 0 bridgehead atoms. The molecule has 4 N–H and O–H groups in total. The predicted octanol–water partition coefficient (Wildman–Crippen LogP) is 3.04. The molecule has 0 spiro atoms. The van der Waals surface area contributed by atoms with Gasteiger partial charge >= 0.3 is 7.60 Å². The van der Waals surface area contributed by atoms with Crippen LogP contribution in [0.25, 0.3) is 0 Å². The third kappa shape index (κ3) is 12.8. The van der Waals surface area contributed by atoms with Gasteiger partial charge in [0.05, 0.1) is 6.29 Å². The van der Waals surface area contributed by atoms with E-state index in [4.69, 9.17) is 0 Å². The minimum absolute atomic E-state index is 0.205. The van der Waals surface area contributed by atoms with Crippen LogP contribution < -0.4 is 5.32 Å². The Morgan fingerprint density at radius 1 is 0.649 bits per heavy atom. The predicted molar refractivity (Wildman–Crippen MR) is 149 cm³/mol. The van der Waals surface area contributed by atoms with Crippen LogP contribution in [0, 0.1) is 0 Å². The maximum Gasteiger partial charge on any atom is 0.335 e. The minimum atomic E-state index is -4.56. The molecule has 1 aliphatic heterocycles. The molecule has 206 valence electrons. The first-order valence-electron chi connectivity index (χ1n) is 13.0. The topological polar surface area (TPSA) is 117 Å². The molecule has 1 fully saturated rings. The lowest BCUT2D eigenvalue weighted by Gasteiger charge is -2.30. The molecule has 9 nitrogen and oxygen atoms in total. The molecular weight excluding hydrogens is 510 g/mol. The Morgan fingerprint density at radius 3 is 1.70 bits per heavy atom. The summed E-state index contributed by atoms with van der Waals surface area (Å²) in [4.78, 5) is 35.5. The highest BCUT2D eigenvalue weighted by Crippen LogP contribution is 2.54. The molecule has 1 saturated heterocycles. The molecule has 37 heavy (non-hydrogen) atoms. The fraction of sp³-hybridized carbons (Fsp3) is 0.538. The molecule has 0 aromatic heterocycles. The fourth-order valence-corrected chi connectivity index (χ4v) is 8.28. The van der Waals surface area contributed by atoms with Crippen molar-refractivity contribution < 1.29 is 23.8 Å². The van der Waals surface area contributed by atoms with Gasteiger partial charge in [-0.3, -0.25) is 23.8 Å². The van der Waals surface area contributed by atoms with Gasteiger partial charge in [-0.1, -0.05) is 60.7 Å². The van der Waals surface area contributed by atoms with Gasteiger partial charge in [0.25, 0.3) is 0 Å². The van der Waals surface area contributed by atoms with Crippen LogP contribution in [-0.2, 0) is 22.2 Å². The van der Waals surface area contributed by atoms with E-state index in [0.29, 0.717) is 19.6 Å². The van der Waals surface area contributed by atoms with Crippen LogP contribution >= 0.6 is 15.0 Å². The van der Waals surface area contributed by atoms with Crippen LogP contribution in [-0.4, -0.2) is 93.9 Å². The second-order valence-corrected chi connectivity index (χ2v) is 14.3. The van der Waals surface area contributed by atoms with Crippen molar-refractivity contribution in [1.29, 1.82) is 0 Å². The van der Waals surface area contributed by atoms with Gasteiger partial charge < -0.3 is 20.0 Å². The SMILES string of the molecule is O=P(O)(O)CP(=O)(O)CN1CCCN(Cc2ccccc2)CCN(Cc2ccccc2)CCCNCC1. The van der Waals surface area contributed by atoms with Crippen molar-refractivity contribution in [2.24, 2.45) is 0 Å². The van der Waals surface area contributed by atoms with Crippen molar-refractivity contribution >= 4 is 15.0 Å². The minimum Gasteiger partial charge on any atom is -0.343 e. The second kappa shape index (κ2) is 15.3. The van der Waals surface area contributed by atoms with E-state index in [9.17, 15) is 23.8 Å². The van der Waals surface area contributed by atoms with Gasteiger partial charge in [-0.25, -0.2) is 0 Å². The van der Waals surface area contributed by atoms with E-state index >= 15 is 0 Å². The summed E-state index contributed by atoms with van der Waals surface area (Å²) in [5.74, 6) is -0.971. The van der Waals surface area contributed by atoms with Crippen LogP contribution in [0.1, 0.15) is 24.0 Å². The van der Waals surface area contributed by atoms with Crippen LogP contribution in [0.15, 0.2) is 60.7 Å². The Bertz CT molecular complexity index is 1010. The van der Waals surface area contributed by atoms with E-state index in [0.717, 1.165) is 58.7 Å². The van der Waals surface area contributed by atoms with Crippen molar-refractivity contribution in [3.63, 3.8) is 0 Å². The molecular formula is C26H42N4O5P2. The molecule has 0 radical (unpaired) electrons. The molecule has 1 atom stereocenters. The van der Waals surface area contributed by atoms with Gasteiger partial charge in [-0.2, -0.15) is 0 Å². The molecule has 1 heterocycles. The third-order valence-electron chi connectivity index (χ3n) is 6.44. The summed E-state index contributed by atoms with van der Waals surface area (Å²) in [5, 5.41) is 3.43. The highest BCUT2D eigenvalue weighted by atomic mass is 31.2. The van der Waals surface area contributed by atoms with Crippen molar-refractivity contribution in [2.75, 3.05) is 64.5 Å². The summed E-state index contributed by atoms with van der Waals surface area (Å²) in [7, 11) is -8.53. The molecule has 11 heteroatoms. The first-order chi connectivity index (χ1) is 17.7. The average molecular weight is 553 g/mol. The zero-order chi connectivity index (χ0) is 26.6. The normalized spacial score (nSPS) is 20.2. The number of hydrogen-bond acceptors (Lipinski definition) is 6. The number of rotatable bonds is 8. The zero-order valence-electron chi connectivity index (χ0n) is 21.6. The number of hydrogen-bond donors (Lipinski definition) is 4. The van der Waals surface area contributed by atoms with Crippen LogP contribution in [0.5, 0.6) is 0 Å². The molecule has 1 unspecified atom stereocenters. The zero-order valence-corrected chi connectivity index (χ0v) is 23.4. The maximum atomic E-state index is 12.6. The van der Waals surface area contributed by atoms with Crippen LogP contribution in [0.3, 0.4) is 0 Å². The molecule has 2 aromatic rings. The van der Waals surface area contributed by atoms with E-state index in [1.54, 1.807) is 0 Å². The largest absolute Gasteiger partial charge is 0.343 e. The lowest BCUT2D eigenvalue weighted by molar-refractivity contribution is 0.179. The van der Waals surface area contributed by atoms with E-state index in [2.05, 4.69) is 63.6 Å². The van der Waals surface area contributed by atoms with Crippen molar-refractivity contribution in [3.8, 4) is 0 Å². The molecule has 3 rings (SSSR count). The van der Waals surface area contributed by atoms with Crippen LogP contribution in [0.4, 0.5) is 0 Å². The molecule has 0 saturated carbocycles. The molecule has 1 aliphatic rings. The maximum absolute atomic E-state index is 12.6. The summed E-state index contributed by atoms with van der Waals surface area (Å²) in [6, 6.07) is 20.9. The third-order valence-corrected chi connectivity index (χ3v) is 10.5.